The lowest BCUT2D eigenvalue weighted by Gasteiger charge is -2.31. The molecule has 1 amide bonds. The number of hydrogen-bond donors (Lipinski definition) is 1. The number of carbonyl (C=O) groups is 1. The first kappa shape index (κ1) is 14.0. The molecular weight excluding hydrogens is 288 g/mol. The van der Waals surface area contributed by atoms with Crippen molar-refractivity contribution in [2.24, 2.45) is 0 Å². The third kappa shape index (κ3) is 2.41. The number of sulfonamides is 1. The van der Waals surface area contributed by atoms with Gasteiger partial charge in [-0.2, -0.15) is 4.31 Å². The summed E-state index contributed by atoms with van der Waals surface area (Å²) in [5.41, 5.74) is 0. The van der Waals surface area contributed by atoms with Crippen LogP contribution in [0.25, 0.3) is 10.8 Å². The monoisotopic (exact) mass is 304 g/mol. The molecule has 0 spiro atoms. The van der Waals surface area contributed by atoms with Crippen molar-refractivity contribution >= 4 is 26.7 Å². The van der Waals surface area contributed by atoms with Crippen molar-refractivity contribution in [2.75, 3.05) is 13.1 Å². The maximum atomic E-state index is 12.7. The zero-order chi connectivity index (χ0) is 15.0. The second kappa shape index (κ2) is 5.13. The second-order valence-electron chi connectivity index (χ2n) is 5.09. The van der Waals surface area contributed by atoms with E-state index in [9.17, 15) is 13.2 Å². The van der Waals surface area contributed by atoms with Crippen LogP contribution in [-0.4, -0.2) is 37.8 Å². The van der Waals surface area contributed by atoms with Crippen molar-refractivity contribution in [1.82, 2.24) is 9.62 Å². The average molecular weight is 304 g/mol. The smallest absolute Gasteiger partial charge is 0.243 e. The molecule has 1 N–H and O–H groups in total. The summed E-state index contributed by atoms with van der Waals surface area (Å²) < 4.78 is 26.7. The summed E-state index contributed by atoms with van der Waals surface area (Å²) in [6, 6.07) is 11.9. The quantitative estimate of drug-likeness (QED) is 0.910. The average Bonchev–Trinajstić information content (AvgIpc) is 2.49. The number of hydrogen-bond acceptors (Lipinski definition) is 3. The van der Waals surface area contributed by atoms with Crippen LogP contribution in [0.15, 0.2) is 47.4 Å². The maximum Gasteiger partial charge on any atom is 0.243 e. The summed E-state index contributed by atoms with van der Waals surface area (Å²) in [5, 5.41) is 4.53. The number of fused-ring (bicyclic) bond motifs is 1. The number of nitrogens with one attached hydrogen (secondary N) is 1. The largest absolute Gasteiger partial charge is 0.353 e. The Balaban J connectivity index is 2.05. The summed E-state index contributed by atoms with van der Waals surface area (Å²) in [6.45, 7) is 2.24. The molecule has 2 aromatic rings. The molecule has 0 saturated carbocycles. The SMILES string of the molecule is CC1C(=O)NCCN1S(=O)(=O)c1ccc2ccccc2c1. The highest BCUT2D eigenvalue weighted by molar-refractivity contribution is 7.89. The number of amides is 1. The second-order valence-corrected chi connectivity index (χ2v) is 6.98. The Bertz CT molecular complexity index is 801. The van der Waals surface area contributed by atoms with Gasteiger partial charge in [-0.3, -0.25) is 4.79 Å². The molecule has 0 radical (unpaired) electrons. The van der Waals surface area contributed by atoms with Crippen LogP contribution in [0.2, 0.25) is 0 Å². The molecular formula is C15H16N2O3S. The lowest BCUT2D eigenvalue weighted by atomic mass is 10.1. The van der Waals surface area contributed by atoms with E-state index in [1.54, 1.807) is 25.1 Å². The molecule has 21 heavy (non-hydrogen) atoms. The Kier molecular flexibility index (Phi) is 3.43. The Morgan fingerprint density at radius 1 is 1.14 bits per heavy atom. The fraction of sp³-hybridized carbons (Fsp3) is 0.267. The summed E-state index contributed by atoms with van der Waals surface area (Å²) >= 11 is 0. The third-order valence-electron chi connectivity index (χ3n) is 3.77. The van der Waals surface area contributed by atoms with Crippen LogP contribution in [-0.2, 0) is 14.8 Å². The Morgan fingerprint density at radius 2 is 1.86 bits per heavy atom. The minimum atomic E-state index is -3.66. The predicted octanol–water partition coefficient (Wildman–Crippen LogP) is 1.35. The molecule has 110 valence electrons. The molecule has 1 aliphatic rings. The highest BCUT2D eigenvalue weighted by atomic mass is 32.2. The molecule has 0 bridgehead atoms. The van der Waals surface area contributed by atoms with E-state index in [-0.39, 0.29) is 10.8 Å². The maximum absolute atomic E-state index is 12.7. The van der Waals surface area contributed by atoms with Gasteiger partial charge in [-0.25, -0.2) is 8.42 Å². The topological polar surface area (TPSA) is 66.5 Å². The van der Waals surface area contributed by atoms with Gasteiger partial charge < -0.3 is 5.32 Å². The van der Waals surface area contributed by atoms with E-state index in [0.29, 0.717) is 13.1 Å². The Labute approximate surface area is 123 Å². The van der Waals surface area contributed by atoms with Crippen molar-refractivity contribution in [3.05, 3.63) is 42.5 Å². The molecule has 0 aromatic heterocycles. The van der Waals surface area contributed by atoms with E-state index in [0.717, 1.165) is 10.8 Å². The van der Waals surface area contributed by atoms with Gasteiger partial charge in [0.1, 0.15) is 6.04 Å². The third-order valence-corrected chi connectivity index (χ3v) is 5.74. The van der Waals surface area contributed by atoms with Gasteiger partial charge in [-0.05, 0) is 29.8 Å². The fourth-order valence-corrected chi connectivity index (χ4v) is 4.18. The molecule has 1 heterocycles. The van der Waals surface area contributed by atoms with E-state index in [2.05, 4.69) is 5.32 Å². The van der Waals surface area contributed by atoms with Gasteiger partial charge in [0, 0.05) is 13.1 Å². The zero-order valence-corrected chi connectivity index (χ0v) is 12.4. The molecule has 3 rings (SSSR count). The Morgan fingerprint density at radius 3 is 2.62 bits per heavy atom. The molecule has 1 unspecified atom stereocenters. The number of benzene rings is 2. The molecule has 6 heteroatoms. The van der Waals surface area contributed by atoms with Crippen LogP contribution in [0.3, 0.4) is 0 Å². The molecule has 5 nitrogen and oxygen atoms in total. The van der Waals surface area contributed by atoms with Crippen molar-refractivity contribution < 1.29 is 13.2 Å². The highest BCUT2D eigenvalue weighted by Gasteiger charge is 2.35. The summed E-state index contributed by atoms with van der Waals surface area (Å²) in [4.78, 5) is 11.9. The lowest BCUT2D eigenvalue weighted by molar-refractivity contribution is -0.126. The molecule has 2 aromatic carbocycles. The van der Waals surface area contributed by atoms with Crippen molar-refractivity contribution in [1.29, 1.82) is 0 Å². The van der Waals surface area contributed by atoms with E-state index in [4.69, 9.17) is 0 Å². The molecule has 1 aliphatic heterocycles. The van der Waals surface area contributed by atoms with E-state index >= 15 is 0 Å². The van der Waals surface area contributed by atoms with Crippen LogP contribution < -0.4 is 5.32 Å². The molecule has 0 aliphatic carbocycles. The van der Waals surface area contributed by atoms with Gasteiger partial charge in [-0.1, -0.05) is 30.3 Å². The molecule has 1 atom stereocenters. The van der Waals surface area contributed by atoms with E-state index in [1.807, 2.05) is 24.3 Å². The summed E-state index contributed by atoms with van der Waals surface area (Å²) in [7, 11) is -3.66. The van der Waals surface area contributed by atoms with Crippen LogP contribution in [0.4, 0.5) is 0 Å². The van der Waals surface area contributed by atoms with Crippen LogP contribution in [0, 0.1) is 0 Å². The highest BCUT2D eigenvalue weighted by Crippen LogP contribution is 2.23. The molecule has 1 fully saturated rings. The van der Waals surface area contributed by atoms with Crippen LogP contribution in [0.5, 0.6) is 0 Å². The van der Waals surface area contributed by atoms with Gasteiger partial charge in [0.15, 0.2) is 0 Å². The standard InChI is InChI=1S/C15H16N2O3S/c1-11-15(18)16-8-9-17(11)21(19,20)14-7-6-12-4-2-3-5-13(12)10-14/h2-7,10-11H,8-9H2,1H3,(H,16,18). The van der Waals surface area contributed by atoms with E-state index < -0.39 is 16.1 Å². The molecule has 1 saturated heterocycles. The Hall–Kier alpha value is -1.92. The van der Waals surface area contributed by atoms with Crippen LogP contribution >= 0.6 is 0 Å². The minimum absolute atomic E-state index is 0.225. The number of rotatable bonds is 2. The first-order valence-electron chi connectivity index (χ1n) is 6.78. The van der Waals surface area contributed by atoms with E-state index in [1.165, 1.54) is 4.31 Å². The lowest BCUT2D eigenvalue weighted by Crippen LogP contribution is -2.55. The number of carbonyl (C=O) groups excluding carboxylic acids is 1. The normalized spacial score (nSPS) is 20.4. The first-order valence-corrected chi connectivity index (χ1v) is 8.22. The van der Waals surface area contributed by atoms with Gasteiger partial charge in [0.2, 0.25) is 15.9 Å². The van der Waals surface area contributed by atoms with Crippen molar-refractivity contribution in [3.8, 4) is 0 Å². The summed E-state index contributed by atoms with van der Waals surface area (Å²) in [5.74, 6) is -0.259. The first-order chi connectivity index (χ1) is 10.00. The van der Waals surface area contributed by atoms with Crippen molar-refractivity contribution in [3.63, 3.8) is 0 Å². The number of nitrogens with zero attached hydrogens (tertiary/aromatic N) is 1. The summed E-state index contributed by atoms with van der Waals surface area (Å²) in [6.07, 6.45) is 0. The van der Waals surface area contributed by atoms with Gasteiger partial charge in [-0.15, -0.1) is 0 Å². The fourth-order valence-electron chi connectivity index (χ4n) is 2.55. The number of piperazine rings is 1. The van der Waals surface area contributed by atoms with Crippen molar-refractivity contribution in [2.45, 2.75) is 17.9 Å². The zero-order valence-electron chi connectivity index (χ0n) is 11.6. The van der Waals surface area contributed by atoms with Crippen LogP contribution in [0.1, 0.15) is 6.92 Å². The predicted molar refractivity (Wildman–Crippen MR) is 80.3 cm³/mol. The van der Waals surface area contributed by atoms with Gasteiger partial charge in [0.25, 0.3) is 0 Å². The minimum Gasteiger partial charge on any atom is -0.353 e. The van der Waals surface area contributed by atoms with Gasteiger partial charge in [0.05, 0.1) is 4.90 Å². The van der Waals surface area contributed by atoms with Gasteiger partial charge >= 0.3 is 0 Å².